The van der Waals surface area contributed by atoms with Gasteiger partial charge in [-0.1, -0.05) is 0 Å². The summed E-state index contributed by atoms with van der Waals surface area (Å²) in [5, 5.41) is 28.8. The second kappa shape index (κ2) is 4.35. The van der Waals surface area contributed by atoms with E-state index in [0.29, 0.717) is 25.0 Å². The molecule has 1 aromatic heterocycles. The van der Waals surface area contributed by atoms with Crippen LogP contribution in [0.4, 0.5) is 0 Å². The van der Waals surface area contributed by atoms with Crippen molar-refractivity contribution in [2.75, 3.05) is 0 Å². The average molecular weight is 212 g/mol. The molecule has 0 radical (unpaired) electrons. The van der Waals surface area contributed by atoms with Crippen molar-refractivity contribution in [2.24, 2.45) is 5.92 Å². The van der Waals surface area contributed by atoms with E-state index in [4.69, 9.17) is 4.42 Å². The fraction of sp³-hybridized carbons (Fsp3) is 0.636. The Labute approximate surface area is 88.2 Å². The summed E-state index contributed by atoms with van der Waals surface area (Å²) in [5.74, 6) is 0.498. The van der Waals surface area contributed by atoms with Crippen LogP contribution >= 0.6 is 0 Å². The molecule has 1 fully saturated rings. The molecule has 4 nitrogen and oxygen atoms in total. The third-order valence-electron chi connectivity index (χ3n) is 3.10. The van der Waals surface area contributed by atoms with Crippen LogP contribution in [0.3, 0.4) is 0 Å². The molecular formula is C11H16O4. The van der Waals surface area contributed by atoms with Crippen LogP contribution in [0.1, 0.15) is 31.1 Å². The average Bonchev–Trinajstić information content (AvgIpc) is 2.74. The van der Waals surface area contributed by atoms with Gasteiger partial charge in [0.15, 0.2) is 0 Å². The fourth-order valence-corrected chi connectivity index (χ4v) is 2.14. The predicted molar refractivity (Wildman–Crippen MR) is 53.0 cm³/mol. The van der Waals surface area contributed by atoms with Gasteiger partial charge in [-0.15, -0.1) is 0 Å². The lowest BCUT2D eigenvalue weighted by atomic mass is 9.81. The normalized spacial score (nSPS) is 33.9. The Hall–Kier alpha value is -0.840. The molecule has 2 rings (SSSR count). The van der Waals surface area contributed by atoms with Crippen LogP contribution < -0.4 is 0 Å². The van der Waals surface area contributed by atoms with E-state index in [-0.39, 0.29) is 5.92 Å². The highest BCUT2D eigenvalue weighted by Gasteiger charge is 2.33. The summed E-state index contributed by atoms with van der Waals surface area (Å²) in [6, 6.07) is 3.45. The van der Waals surface area contributed by atoms with Gasteiger partial charge < -0.3 is 19.7 Å². The van der Waals surface area contributed by atoms with E-state index in [1.165, 1.54) is 6.26 Å². The van der Waals surface area contributed by atoms with Gasteiger partial charge in [-0.25, -0.2) is 0 Å². The van der Waals surface area contributed by atoms with Gasteiger partial charge in [-0.3, -0.25) is 0 Å². The van der Waals surface area contributed by atoms with Gasteiger partial charge in [-0.05, 0) is 37.3 Å². The molecule has 1 aromatic rings. The van der Waals surface area contributed by atoms with E-state index in [2.05, 4.69) is 0 Å². The maximum atomic E-state index is 9.95. The summed E-state index contributed by atoms with van der Waals surface area (Å²) >= 11 is 0. The first-order chi connectivity index (χ1) is 7.18. The van der Waals surface area contributed by atoms with Gasteiger partial charge in [0.25, 0.3) is 0 Å². The second-order valence-corrected chi connectivity index (χ2v) is 4.17. The van der Waals surface area contributed by atoms with E-state index < -0.39 is 18.3 Å². The Balaban J connectivity index is 2.00. The van der Waals surface area contributed by atoms with Crippen molar-refractivity contribution >= 4 is 0 Å². The molecule has 0 unspecified atom stereocenters. The van der Waals surface area contributed by atoms with E-state index in [1.807, 2.05) is 0 Å². The summed E-state index contributed by atoms with van der Waals surface area (Å²) in [6.07, 6.45) is 1.12. The Bertz CT molecular complexity index is 296. The monoisotopic (exact) mass is 212 g/mol. The number of hydrogen-bond acceptors (Lipinski definition) is 4. The molecule has 0 aromatic carbocycles. The minimum absolute atomic E-state index is 0.0328. The molecule has 4 heteroatoms. The first-order valence-corrected chi connectivity index (χ1v) is 5.26. The van der Waals surface area contributed by atoms with Crippen molar-refractivity contribution in [3.8, 4) is 0 Å². The van der Waals surface area contributed by atoms with Crippen molar-refractivity contribution in [2.45, 2.75) is 37.6 Å². The first-order valence-electron chi connectivity index (χ1n) is 5.26. The molecule has 1 heterocycles. The van der Waals surface area contributed by atoms with Gasteiger partial charge in [0.2, 0.25) is 0 Å². The molecule has 1 saturated carbocycles. The smallest absolute Gasteiger partial charge is 0.132 e. The molecule has 1 aliphatic carbocycles. The van der Waals surface area contributed by atoms with Gasteiger partial charge in [-0.2, -0.15) is 0 Å². The molecule has 0 bridgehead atoms. The lowest BCUT2D eigenvalue weighted by molar-refractivity contribution is -0.0536. The zero-order chi connectivity index (χ0) is 10.8. The maximum Gasteiger partial charge on any atom is 0.132 e. The van der Waals surface area contributed by atoms with Crippen LogP contribution in [0.2, 0.25) is 0 Å². The summed E-state index contributed by atoms with van der Waals surface area (Å²) in [4.78, 5) is 0. The minimum atomic E-state index is -0.728. The van der Waals surface area contributed by atoms with E-state index >= 15 is 0 Å². The van der Waals surface area contributed by atoms with Crippen LogP contribution in [-0.2, 0) is 0 Å². The Morgan fingerprint density at radius 1 is 1.27 bits per heavy atom. The minimum Gasteiger partial charge on any atom is -0.467 e. The van der Waals surface area contributed by atoms with E-state index in [9.17, 15) is 15.3 Å². The van der Waals surface area contributed by atoms with Gasteiger partial charge in [0.05, 0.1) is 18.5 Å². The quantitative estimate of drug-likeness (QED) is 0.679. The molecule has 0 aliphatic heterocycles. The molecule has 1 aliphatic rings. The van der Waals surface area contributed by atoms with Crippen molar-refractivity contribution in [3.63, 3.8) is 0 Å². The molecule has 0 amide bonds. The SMILES string of the molecule is O[C@@H]1CC[C@H]([C@@H](O)c2ccco2)C[C@@H]1O. The number of hydrogen-bond donors (Lipinski definition) is 3. The molecular weight excluding hydrogens is 196 g/mol. The lowest BCUT2D eigenvalue weighted by Crippen LogP contribution is -2.35. The van der Waals surface area contributed by atoms with Crippen molar-refractivity contribution in [1.82, 2.24) is 0 Å². The topological polar surface area (TPSA) is 73.8 Å². The van der Waals surface area contributed by atoms with Gasteiger partial charge in [0.1, 0.15) is 11.9 Å². The van der Waals surface area contributed by atoms with Crippen LogP contribution in [0.15, 0.2) is 22.8 Å². The fourth-order valence-electron chi connectivity index (χ4n) is 2.14. The predicted octanol–water partition coefficient (Wildman–Crippen LogP) is 0.835. The van der Waals surface area contributed by atoms with Crippen molar-refractivity contribution in [1.29, 1.82) is 0 Å². The highest BCUT2D eigenvalue weighted by Crippen LogP contribution is 2.34. The highest BCUT2D eigenvalue weighted by atomic mass is 16.4. The van der Waals surface area contributed by atoms with E-state index in [1.54, 1.807) is 12.1 Å². The number of rotatable bonds is 2. The summed E-state index contributed by atoms with van der Waals surface area (Å²) in [5.41, 5.74) is 0. The Morgan fingerprint density at radius 2 is 2.07 bits per heavy atom. The number of aliphatic hydroxyl groups is 3. The first kappa shape index (κ1) is 10.7. The lowest BCUT2D eigenvalue weighted by Gasteiger charge is -2.32. The maximum absolute atomic E-state index is 9.95. The third-order valence-corrected chi connectivity index (χ3v) is 3.10. The van der Waals surface area contributed by atoms with Crippen LogP contribution in [-0.4, -0.2) is 27.5 Å². The van der Waals surface area contributed by atoms with Gasteiger partial charge >= 0.3 is 0 Å². The Morgan fingerprint density at radius 3 is 2.67 bits per heavy atom. The summed E-state index contributed by atoms with van der Waals surface area (Å²) < 4.78 is 5.12. The standard InChI is InChI=1S/C11H16O4/c12-8-4-3-7(6-9(8)13)11(14)10-2-1-5-15-10/h1-2,5,7-9,11-14H,3-4,6H2/t7-,8+,9-,11+/m0/s1. The molecule has 84 valence electrons. The molecule has 0 saturated heterocycles. The Kier molecular flexibility index (Phi) is 3.09. The van der Waals surface area contributed by atoms with Crippen LogP contribution in [0.25, 0.3) is 0 Å². The summed E-state index contributed by atoms with van der Waals surface area (Å²) in [6.45, 7) is 0. The van der Waals surface area contributed by atoms with Gasteiger partial charge in [0, 0.05) is 0 Å². The second-order valence-electron chi connectivity index (χ2n) is 4.17. The molecule has 15 heavy (non-hydrogen) atoms. The zero-order valence-corrected chi connectivity index (χ0v) is 8.41. The largest absolute Gasteiger partial charge is 0.467 e. The highest BCUT2D eigenvalue weighted by molar-refractivity contribution is 5.04. The van der Waals surface area contributed by atoms with Crippen LogP contribution in [0.5, 0.6) is 0 Å². The zero-order valence-electron chi connectivity index (χ0n) is 8.41. The van der Waals surface area contributed by atoms with Crippen LogP contribution in [0, 0.1) is 5.92 Å². The van der Waals surface area contributed by atoms with Crippen molar-refractivity contribution in [3.05, 3.63) is 24.2 Å². The summed E-state index contributed by atoms with van der Waals surface area (Å²) in [7, 11) is 0. The van der Waals surface area contributed by atoms with Crippen molar-refractivity contribution < 1.29 is 19.7 Å². The third kappa shape index (κ3) is 2.22. The molecule has 4 atom stereocenters. The van der Waals surface area contributed by atoms with E-state index in [0.717, 1.165) is 0 Å². The number of aliphatic hydroxyl groups excluding tert-OH is 3. The number of furan rings is 1. The molecule has 3 N–H and O–H groups in total. The molecule has 0 spiro atoms.